The van der Waals surface area contributed by atoms with E-state index in [0.29, 0.717) is 5.75 Å². The lowest BCUT2D eigenvalue weighted by Gasteiger charge is -2.23. The van der Waals surface area contributed by atoms with Gasteiger partial charge in [0.2, 0.25) is 0 Å². The van der Waals surface area contributed by atoms with Gasteiger partial charge in [0.05, 0.1) is 0 Å². The molecule has 3 nitrogen and oxygen atoms in total. The summed E-state index contributed by atoms with van der Waals surface area (Å²) >= 11 is 0. The minimum Gasteiger partial charge on any atom is -0.484 e. The van der Waals surface area contributed by atoms with E-state index in [1.807, 2.05) is 48.5 Å². The van der Waals surface area contributed by atoms with Gasteiger partial charge >= 0.3 is 0 Å². The lowest BCUT2D eigenvalue weighted by molar-refractivity contribution is -0.118. The molecule has 0 spiro atoms. The van der Waals surface area contributed by atoms with Gasteiger partial charge < -0.3 is 10.1 Å². The Hall–Kier alpha value is -2.29. The maximum absolute atomic E-state index is 12.2. The average molecular weight is 311 g/mol. The van der Waals surface area contributed by atoms with Crippen LogP contribution in [0.25, 0.3) is 0 Å². The zero-order valence-electron chi connectivity index (χ0n) is 14.3. The summed E-state index contributed by atoms with van der Waals surface area (Å²) in [7, 11) is 0. The molecule has 0 unspecified atom stereocenters. The third-order valence-electron chi connectivity index (χ3n) is 3.71. The Morgan fingerprint density at radius 1 is 1.04 bits per heavy atom. The van der Waals surface area contributed by atoms with Gasteiger partial charge in [-0.15, -0.1) is 0 Å². The molecule has 0 aliphatic carbocycles. The van der Waals surface area contributed by atoms with Crippen LogP contribution in [0, 0.1) is 0 Å². The van der Waals surface area contributed by atoms with Crippen LogP contribution in [0.3, 0.4) is 0 Å². The van der Waals surface area contributed by atoms with Crippen LogP contribution >= 0.6 is 0 Å². The zero-order valence-corrected chi connectivity index (χ0v) is 14.3. The van der Waals surface area contributed by atoms with Crippen molar-refractivity contribution in [3.63, 3.8) is 0 Å². The number of rotatable bonds is 5. The molecule has 0 heterocycles. The molecule has 0 radical (unpaired) electrons. The van der Waals surface area contributed by atoms with E-state index in [4.69, 9.17) is 4.74 Å². The van der Waals surface area contributed by atoms with Gasteiger partial charge in [-0.2, -0.15) is 0 Å². The van der Waals surface area contributed by atoms with E-state index in [1.54, 1.807) is 0 Å². The van der Waals surface area contributed by atoms with Crippen molar-refractivity contribution in [3.05, 3.63) is 59.7 Å². The molecule has 1 amide bonds. The summed E-state index contributed by atoms with van der Waals surface area (Å²) < 4.78 is 5.55. The predicted molar refractivity (Wildman–Crippen MR) is 95.1 cm³/mol. The molecule has 2 aromatic carbocycles. The summed E-state index contributed by atoms with van der Waals surface area (Å²) in [4.78, 5) is 12.2. The van der Waals surface area contributed by atoms with Gasteiger partial charge in [-0.1, -0.05) is 58.0 Å². The molecule has 0 saturated heterocycles. The Morgan fingerprint density at radius 2 is 1.70 bits per heavy atom. The van der Waals surface area contributed by atoms with Crippen LogP contribution in [-0.2, 0) is 16.6 Å². The largest absolute Gasteiger partial charge is 0.484 e. The molecule has 0 fully saturated rings. The molecular weight excluding hydrogens is 286 g/mol. The topological polar surface area (TPSA) is 38.3 Å². The summed E-state index contributed by atoms with van der Waals surface area (Å²) in [5.74, 6) is 0.558. The number of anilines is 1. The van der Waals surface area contributed by atoms with Gasteiger partial charge in [0.1, 0.15) is 5.75 Å². The monoisotopic (exact) mass is 311 g/mol. The second-order valence-electron chi connectivity index (χ2n) is 6.63. The van der Waals surface area contributed by atoms with Crippen LogP contribution in [0.2, 0.25) is 0 Å². The maximum atomic E-state index is 12.2. The Balaban J connectivity index is 1.97. The Labute approximate surface area is 138 Å². The number of benzene rings is 2. The summed E-state index contributed by atoms with van der Waals surface area (Å²) in [6.45, 7) is 8.50. The molecular formula is C20H25NO2. The smallest absolute Gasteiger partial charge is 0.262 e. The van der Waals surface area contributed by atoms with Crippen LogP contribution in [0.4, 0.5) is 5.69 Å². The number of carbonyl (C=O) groups is 1. The van der Waals surface area contributed by atoms with Gasteiger partial charge in [0.25, 0.3) is 5.91 Å². The normalized spacial score (nSPS) is 11.1. The number of aryl methyl sites for hydroxylation is 1. The molecule has 1 N–H and O–H groups in total. The SMILES string of the molecule is CCc1ccc(OCC(=O)Nc2ccccc2C(C)(C)C)cc1. The minimum absolute atomic E-state index is 0.00392. The van der Waals surface area contributed by atoms with Crippen molar-refractivity contribution >= 4 is 11.6 Å². The molecule has 2 aromatic rings. The van der Waals surface area contributed by atoms with Crippen molar-refractivity contribution in [1.29, 1.82) is 0 Å². The molecule has 0 bridgehead atoms. The lowest BCUT2D eigenvalue weighted by Crippen LogP contribution is -2.23. The molecule has 0 aliphatic heterocycles. The van der Waals surface area contributed by atoms with Crippen LogP contribution < -0.4 is 10.1 Å². The van der Waals surface area contributed by atoms with Crippen LogP contribution in [0.5, 0.6) is 5.75 Å². The van der Waals surface area contributed by atoms with E-state index in [1.165, 1.54) is 5.56 Å². The second-order valence-corrected chi connectivity index (χ2v) is 6.63. The first-order valence-corrected chi connectivity index (χ1v) is 8.01. The fourth-order valence-corrected chi connectivity index (χ4v) is 2.40. The first-order chi connectivity index (χ1) is 10.9. The Morgan fingerprint density at radius 3 is 2.30 bits per heavy atom. The van der Waals surface area contributed by atoms with E-state index >= 15 is 0 Å². The quantitative estimate of drug-likeness (QED) is 0.879. The average Bonchev–Trinajstić information content (AvgIpc) is 2.53. The third kappa shape index (κ3) is 4.85. The standard InChI is InChI=1S/C20H25NO2/c1-5-15-10-12-16(13-11-15)23-14-19(22)21-18-9-7-6-8-17(18)20(2,3)4/h6-13H,5,14H2,1-4H3,(H,21,22). The first-order valence-electron chi connectivity index (χ1n) is 8.01. The molecule has 2 rings (SSSR count). The Bertz CT molecular complexity index is 654. The summed E-state index contributed by atoms with van der Waals surface area (Å²) in [6.07, 6.45) is 0.990. The fourth-order valence-electron chi connectivity index (χ4n) is 2.40. The highest BCUT2D eigenvalue weighted by Gasteiger charge is 2.18. The predicted octanol–water partition coefficient (Wildman–Crippen LogP) is 4.56. The summed E-state index contributed by atoms with van der Waals surface area (Å²) in [6, 6.07) is 15.7. The molecule has 0 saturated carbocycles. The molecule has 122 valence electrons. The molecule has 0 aliphatic rings. The lowest BCUT2D eigenvalue weighted by atomic mass is 9.86. The van der Waals surface area contributed by atoms with Gasteiger partial charge in [-0.25, -0.2) is 0 Å². The van der Waals surface area contributed by atoms with E-state index in [9.17, 15) is 4.79 Å². The van der Waals surface area contributed by atoms with Gasteiger partial charge in [0, 0.05) is 5.69 Å². The highest BCUT2D eigenvalue weighted by atomic mass is 16.5. The number of ether oxygens (including phenoxy) is 1. The Kier molecular flexibility index (Phi) is 5.43. The molecule has 3 heteroatoms. The van der Waals surface area contributed by atoms with Crippen molar-refractivity contribution in [3.8, 4) is 5.75 Å². The van der Waals surface area contributed by atoms with Crippen LogP contribution in [0.1, 0.15) is 38.8 Å². The van der Waals surface area contributed by atoms with Crippen molar-refractivity contribution in [1.82, 2.24) is 0 Å². The number of hydrogen-bond acceptors (Lipinski definition) is 2. The third-order valence-corrected chi connectivity index (χ3v) is 3.71. The van der Waals surface area contributed by atoms with E-state index in [-0.39, 0.29) is 17.9 Å². The van der Waals surface area contributed by atoms with Crippen molar-refractivity contribution < 1.29 is 9.53 Å². The zero-order chi connectivity index (χ0) is 16.9. The number of amides is 1. The molecule has 23 heavy (non-hydrogen) atoms. The second kappa shape index (κ2) is 7.32. The van der Waals surface area contributed by atoms with E-state index in [2.05, 4.69) is 33.0 Å². The highest BCUT2D eigenvalue weighted by molar-refractivity contribution is 5.92. The van der Waals surface area contributed by atoms with Crippen molar-refractivity contribution in [2.24, 2.45) is 0 Å². The fraction of sp³-hybridized carbons (Fsp3) is 0.350. The molecule has 0 aromatic heterocycles. The van der Waals surface area contributed by atoms with Crippen molar-refractivity contribution in [2.45, 2.75) is 39.5 Å². The summed E-state index contributed by atoms with van der Waals surface area (Å²) in [5.41, 5.74) is 3.18. The number of hydrogen-bond donors (Lipinski definition) is 1. The minimum atomic E-state index is -0.152. The maximum Gasteiger partial charge on any atom is 0.262 e. The van der Waals surface area contributed by atoms with Gasteiger partial charge in [-0.3, -0.25) is 4.79 Å². The summed E-state index contributed by atoms with van der Waals surface area (Å²) in [5, 5.41) is 2.95. The van der Waals surface area contributed by atoms with Gasteiger partial charge in [-0.05, 0) is 41.2 Å². The van der Waals surface area contributed by atoms with Crippen molar-refractivity contribution in [2.75, 3.05) is 11.9 Å². The number of nitrogens with one attached hydrogen (secondary N) is 1. The number of para-hydroxylation sites is 1. The first kappa shape index (κ1) is 17.1. The van der Waals surface area contributed by atoms with Gasteiger partial charge in [0.15, 0.2) is 6.61 Å². The van der Waals surface area contributed by atoms with Crippen LogP contribution in [-0.4, -0.2) is 12.5 Å². The highest BCUT2D eigenvalue weighted by Crippen LogP contribution is 2.29. The number of carbonyl (C=O) groups excluding carboxylic acids is 1. The van der Waals surface area contributed by atoms with E-state index < -0.39 is 0 Å². The molecule has 0 atom stereocenters. The van der Waals surface area contributed by atoms with E-state index in [0.717, 1.165) is 17.7 Å². The van der Waals surface area contributed by atoms with Crippen LogP contribution in [0.15, 0.2) is 48.5 Å².